The highest BCUT2D eigenvalue weighted by Crippen LogP contribution is 2.47. The molecule has 2 aromatic heterocycles. The van der Waals surface area contributed by atoms with Crippen molar-refractivity contribution in [3.05, 3.63) is 194 Å². The Kier molecular flexibility index (Phi) is 6.66. The fourth-order valence-corrected chi connectivity index (χ4v) is 9.19. The van der Waals surface area contributed by atoms with E-state index in [0.29, 0.717) is 0 Å². The van der Waals surface area contributed by atoms with Crippen LogP contribution in [-0.4, -0.2) is 0 Å². The Morgan fingerprint density at radius 2 is 0.714 bits per heavy atom. The minimum atomic E-state index is 0.839. The minimum Gasteiger partial charge on any atom is -0.455 e. The van der Waals surface area contributed by atoms with Crippen LogP contribution in [0.5, 0.6) is 0 Å². The maximum Gasteiger partial charge on any atom is 0.147 e. The molecule has 0 saturated heterocycles. The van der Waals surface area contributed by atoms with Gasteiger partial charge in [0.2, 0.25) is 0 Å². The molecule has 0 bridgehead atoms. The predicted octanol–water partition coefficient (Wildman–Crippen LogP) is 15.6. The second-order valence-corrected chi connectivity index (χ2v) is 14.7. The number of hydrogen-bond acceptors (Lipinski definition) is 2. The molecular formula is C54H32O2. The predicted molar refractivity (Wildman–Crippen MR) is 235 cm³/mol. The molecule has 0 N–H and O–H groups in total. The van der Waals surface area contributed by atoms with Crippen LogP contribution in [0.25, 0.3) is 121 Å². The standard InChI is InChI=1S/C54H32O2/c1-2-20-38-33(14-1)15-13-27-39(38)34-16-11-18-36(30-34)50-41-22-3-5-24-43(41)51(44-25-6-4-23-42(44)50)37-19-12-17-35(31-37)46-32-47-40-21-7-9-28-48(40)55-54(47)52-45-26-8-10-29-49(45)56-53(46)52/h1-32H. The first kappa shape index (κ1) is 31.0. The molecule has 12 aromatic rings. The molecule has 260 valence electrons. The topological polar surface area (TPSA) is 26.3 Å². The Labute approximate surface area is 322 Å². The molecule has 0 aliphatic heterocycles. The van der Waals surface area contributed by atoms with Crippen LogP contribution in [0, 0.1) is 0 Å². The van der Waals surface area contributed by atoms with Gasteiger partial charge in [0.05, 0.1) is 5.39 Å². The smallest absolute Gasteiger partial charge is 0.147 e. The average Bonchev–Trinajstić information content (AvgIpc) is 3.84. The maximum atomic E-state index is 6.70. The van der Waals surface area contributed by atoms with Crippen LogP contribution in [0.1, 0.15) is 0 Å². The van der Waals surface area contributed by atoms with Crippen LogP contribution in [0.15, 0.2) is 203 Å². The van der Waals surface area contributed by atoms with Crippen molar-refractivity contribution in [3.8, 4) is 44.5 Å². The molecule has 2 heteroatoms. The quantitative estimate of drug-likeness (QED) is 0.170. The summed E-state index contributed by atoms with van der Waals surface area (Å²) in [5.74, 6) is 0. The van der Waals surface area contributed by atoms with Gasteiger partial charge in [0.25, 0.3) is 0 Å². The summed E-state index contributed by atoms with van der Waals surface area (Å²) in [5.41, 5.74) is 12.9. The molecule has 0 spiro atoms. The lowest BCUT2D eigenvalue weighted by Gasteiger charge is -2.19. The highest BCUT2D eigenvalue weighted by molar-refractivity contribution is 6.26. The third kappa shape index (κ3) is 4.57. The molecule has 10 aromatic carbocycles. The summed E-state index contributed by atoms with van der Waals surface area (Å²) in [6, 6.07) is 69.9. The first-order chi connectivity index (χ1) is 27.8. The second kappa shape index (κ2) is 12.0. The summed E-state index contributed by atoms with van der Waals surface area (Å²) in [7, 11) is 0. The Hall–Kier alpha value is -7.42. The van der Waals surface area contributed by atoms with Gasteiger partial charge in [-0.05, 0) is 102 Å². The Balaban J connectivity index is 1.10. The van der Waals surface area contributed by atoms with Crippen LogP contribution in [0.3, 0.4) is 0 Å². The number of rotatable bonds is 4. The molecular weight excluding hydrogens is 681 g/mol. The van der Waals surface area contributed by atoms with E-state index in [9.17, 15) is 0 Å². The number of furan rings is 2. The zero-order chi connectivity index (χ0) is 36.7. The fourth-order valence-electron chi connectivity index (χ4n) is 9.19. The van der Waals surface area contributed by atoms with E-state index in [1.807, 2.05) is 24.3 Å². The average molecular weight is 713 g/mol. The van der Waals surface area contributed by atoms with E-state index in [1.165, 1.54) is 60.1 Å². The second-order valence-electron chi connectivity index (χ2n) is 14.7. The van der Waals surface area contributed by atoms with E-state index in [4.69, 9.17) is 8.83 Å². The largest absolute Gasteiger partial charge is 0.455 e. The summed E-state index contributed by atoms with van der Waals surface area (Å²) in [4.78, 5) is 0. The van der Waals surface area contributed by atoms with Crippen LogP contribution in [0.2, 0.25) is 0 Å². The van der Waals surface area contributed by atoms with Gasteiger partial charge in [-0.2, -0.15) is 0 Å². The lowest BCUT2D eigenvalue weighted by molar-refractivity contribution is 0.663. The Morgan fingerprint density at radius 1 is 0.268 bits per heavy atom. The SMILES string of the molecule is c1cc(-c2cccc3ccccc23)cc(-c2c3ccccc3c(-c3cccc(-c4cc5c6ccccc6oc5c5c4oc4ccccc45)c3)c3ccccc23)c1. The van der Waals surface area contributed by atoms with Crippen molar-refractivity contribution in [2.45, 2.75) is 0 Å². The van der Waals surface area contributed by atoms with E-state index in [1.54, 1.807) is 0 Å². The number of benzene rings is 10. The summed E-state index contributed by atoms with van der Waals surface area (Å²) in [6.07, 6.45) is 0. The summed E-state index contributed by atoms with van der Waals surface area (Å²) < 4.78 is 13.2. The zero-order valence-corrected chi connectivity index (χ0v) is 30.3. The molecule has 0 saturated carbocycles. The van der Waals surface area contributed by atoms with Gasteiger partial charge in [-0.1, -0.05) is 164 Å². The van der Waals surface area contributed by atoms with E-state index >= 15 is 0 Å². The van der Waals surface area contributed by atoms with E-state index < -0.39 is 0 Å². The van der Waals surface area contributed by atoms with E-state index in [2.05, 4.69) is 170 Å². The van der Waals surface area contributed by atoms with Gasteiger partial charge in [0.1, 0.15) is 22.3 Å². The Bertz CT molecular complexity index is 3480. The molecule has 56 heavy (non-hydrogen) atoms. The molecule has 0 aliphatic rings. The summed E-state index contributed by atoms with van der Waals surface area (Å²) in [6.45, 7) is 0. The van der Waals surface area contributed by atoms with Gasteiger partial charge in [-0.25, -0.2) is 0 Å². The fraction of sp³-hybridized carbons (Fsp3) is 0. The molecule has 0 atom stereocenters. The van der Waals surface area contributed by atoms with Crippen molar-refractivity contribution in [3.63, 3.8) is 0 Å². The molecule has 0 unspecified atom stereocenters. The zero-order valence-electron chi connectivity index (χ0n) is 30.3. The van der Waals surface area contributed by atoms with Crippen molar-refractivity contribution in [2.75, 3.05) is 0 Å². The van der Waals surface area contributed by atoms with Gasteiger partial charge in [-0.15, -0.1) is 0 Å². The van der Waals surface area contributed by atoms with Gasteiger partial charge in [0, 0.05) is 21.7 Å². The number of para-hydroxylation sites is 2. The van der Waals surface area contributed by atoms with Crippen molar-refractivity contribution >= 4 is 76.2 Å². The van der Waals surface area contributed by atoms with Gasteiger partial charge in [-0.3, -0.25) is 0 Å². The molecule has 0 amide bonds. The van der Waals surface area contributed by atoms with Gasteiger partial charge >= 0.3 is 0 Å². The highest BCUT2D eigenvalue weighted by atomic mass is 16.3. The molecule has 0 fully saturated rings. The maximum absolute atomic E-state index is 6.70. The monoisotopic (exact) mass is 712 g/mol. The third-order valence-corrected chi connectivity index (χ3v) is 11.6. The summed E-state index contributed by atoms with van der Waals surface area (Å²) in [5, 5.41) is 11.7. The summed E-state index contributed by atoms with van der Waals surface area (Å²) >= 11 is 0. The Morgan fingerprint density at radius 3 is 1.36 bits per heavy atom. The number of fused-ring (bicyclic) bond motifs is 10. The first-order valence-electron chi connectivity index (χ1n) is 19.2. The molecule has 0 aliphatic carbocycles. The van der Waals surface area contributed by atoms with Crippen molar-refractivity contribution in [1.82, 2.24) is 0 Å². The molecule has 12 rings (SSSR count). The lowest BCUT2D eigenvalue weighted by atomic mass is 9.84. The van der Waals surface area contributed by atoms with Crippen molar-refractivity contribution in [1.29, 1.82) is 0 Å². The molecule has 2 nitrogen and oxygen atoms in total. The van der Waals surface area contributed by atoms with Crippen LogP contribution in [-0.2, 0) is 0 Å². The van der Waals surface area contributed by atoms with E-state index in [-0.39, 0.29) is 0 Å². The van der Waals surface area contributed by atoms with Crippen molar-refractivity contribution < 1.29 is 8.83 Å². The van der Waals surface area contributed by atoms with Crippen molar-refractivity contribution in [2.24, 2.45) is 0 Å². The molecule has 2 heterocycles. The lowest BCUT2D eigenvalue weighted by Crippen LogP contribution is -1.92. The number of hydrogen-bond donors (Lipinski definition) is 0. The minimum absolute atomic E-state index is 0.839. The normalized spacial score (nSPS) is 11.9. The van der Waals surface area contributed by atoms with E-state index in [0.717, 1.165) is 60.6 Å². The first-order valence-corrected chi connectivity index (χ1v) is 19.2. The van der Waals surface area contributed by atoms with Gasteiger partial charge < -0.3 is 8.83 Å². The van der Waals surface area contributed by atoms with Crippen LogP contribution < -0.4 is 0 Å². The van der Waals surface area contributed by atoms with Crippen LogP contribution in [0.4, 0.5) is 0 Å². The highest BCUT2D eigenvalue weighted by Gasteiger charge is 2.22. The van der Waals surface area contributed by atoms with Crippen LogP contribution >= 0.6 is 0 Å². The third-order valence-electron chi connectivity index (χ3n) is 11.6. The van der Waals surface area contributed by atoms with Gasteiger partial charge in [0.15, 0.2) is 0 Å². The molecule has 0 radical (unpaired) electrons.